The topological polar surface area (TPSA) is 64.3 Å². The highest BCUT2D eigenvalue weighted by Gasteiger charge is 2.06. The molecule has 4 heteroatoms. The van der Waals surface area contributed by atoms with Crippen LogP contribution in [0, 0.1) is 0 Å². The number of primary amides is 1. The number of hydrogen-bond donors (Lipinski definition) is 2. The van der Waals surface area contributed by atoms with Crippen LogP contribution in [0.3, 0.4) is 0 Å². The van der Waals surface area contributed by atoms with Gasteiger partial charge in [-0.1, -0.05) is 32.0 Å². The maximum Gasteiger partial charge on any atom is 0.249 e. The van der Waals surface area contributed by atoms with Gasteiger partial charge in [-0.15, -0.1) is 0 Å². The van der Waals surface area contributed by atoms with E-state index in [1.807, 2.05) is 12.1 Å². The molecule has 1 aromatic carbocycles. The molecule has 0 aliphatic rings. The Labute approximate surface area is 109 Å². The molecule has 0 radical (unpaired) electrons. The van der Waals surface area contributed by atoms with E-state index in [0.717, 1.165) is 18.5 Å². The predicted octanol–water partition coefficient (Wildman–Crippen LogP) is 1.69. The fraction of sp³-hybridized carbons (Fsp3) is 0.500. The van der Waals surface area contributed by atoms with Crippen LogP contribution in [0.25, 0.3) is 0 Å². The van der Waals surface area contributed by atoms with E-state index in [1.165, 1.54) is 0 Å². The van der Waals surface area contributed by atoms with Crippen LogP contribution in [0.2, 0.25) is 0 Å². The summed E-state index contributed by atoms with van der Waals surface area (Å²) in [5.41, 5.74) is 6.68. The van der Waals surface area contributed by atoms with Gasteiger partial charge in [0.1, 0.15) is 0 Å². The molecule has 0 fully saturated rings. The van der Waals surface area contributed by atoms with Gasteiger partial charge in [-0.2, -0.15) is 0 Å². The van der Waals surface area contributed by atoms with Crippen molar-refractivity contribution >= 4 is 5.91 Å². The Kier molecular flexibility index (Phi) is 6.39. The van der Waals surface area contributed by atoms with Crippen LogP contribution in [-0.2, 0) is 11.3 Å². The molecule has 1 rings (SSSR count). The Bertz CT molecular complexity index is 378. The summed E-state index contributed by atoms with van der Waals surface area (Å²) < 4.78 is 5.54. The second-order valence-corrected chi connectivity index (χ2v) is 4.54. The van der Waals surface area contributed by atoms with E-state index in [-0.39, 0.29) is 0 Å². The first kappa shape index (κ1) is 14.7. The highest BCUT2D eigenvalue weighted by atomic mass is 16.5. The molecule has 0 saturated heterocycles. The first-order chi connectivity index (χ1) is 8.61. The monoisotopic (exact) mass is 250 g/mol. The maximum atomic E-state index is 11.2. The van der Waals surface area contributed by atoms with E-state index in [2.05, 4.69) is 19.2 Å². The maximum absolute atomic E-state index is 11.2. The first-order valence-corrected chi connectivity index (χ1v) is 6.30. The van der Waals surface area contributed by atoms with Crippen molar-refractivity contribution in [3.05, 3.63) is 35.4 Å². The number of amides is 1. The predicted molar refractivity (Wildman–Crippen MR) is 72.4 cm³/mol. The Hall–Kier alpha value is -1.39. The molecule has 18 heavy (non-hydrogen) atoms. The van der Waals surface area contributed by atoms with Crippen LogP contribution in [0.5, 0.6) is 0 Å². The number of carbonyl (C=O) groups excluding carboxylic acids is 1. The van der Waals surface area contributed by atoms with Gasteiger partial charge in [0.15, 0.2) is 0 Å². The molecule has 0 aliphatic heterocycles. The minimum absolute atomic E-state index is 0.407. The third kappa shape index (κ3) is 5.29. The third-order valence-electron chi connectivity index (χ3n) is 2.56. The van der Waals surface area contributed by atoms with Gasteiger partial charge in [0.05, 0.1) is 6.61 Å². The molecule has 0 saturated carbocycles. The lowest BCUT2D eigenvalue weighted by atomic mass is 10.1. The Morgan fingerprint density at radius 3 is 2.78 bits per heavy atom. The van der Waals surface area contributed by atoms with Crippen LogP contribution >= 0.6 is 0 Å². The van der Waals surface area contributed by atoms with E-state index < -0.39 is 5.91 Å². The number of hydrogen-bond acceptors (Lipinski definition) is 3. The summed E-state index contributed by atoms with van der Waals surface area (Å²) in [7, 11) is 0. The Balaban J connectivity index is 2.29. The van der Waals surface area contributed by atoms with E-state index in [4.69, 9.17) is 10.5 Å². The Morgan fingerprint density at radius 2 is 2.11 bits per heavy atom. The molecule has 0 unspecified atom stereocenters. The van der Waals surface area contributed by atoms with Crippen molar-refractivity contribution in [3.63, 3.8) is 0 Å². The van der Waals surface area contributed by atoms with Gasteiger partial charge in [-0.25, -0.2) is 0 Å². The Morgan fingerprint density at radius 1 is 1.39 bits per heavy atom. The average molecular weight is 250 g/mol. The highest BCUT2D eigenvalue weighted by molar-refractivity contribution is 5.94. The van der Waals surface area contributed by atoms with Crippen molar-refractivity contribution < 1.29 is 9.53 Å². The molecule has 0 aromatic heterocycles. The lowest BCUT2D eigenvalue weighted by molar-refractivity contribution is 0.0982. The van der Waals surface area contributed by atoms with Crippen molar-refractivity contribution in [2.75, 3.05) is 13.2 Å². The largest absolute Gasteiger partial charge is 0.377 e. The molecule has 0 atom stereocenters. The quantitative estimate of drug-likeness (QED) is 0.690. The first-order valence-electron chi connectivity index (χ1n) is 6.30. The molecule has 3 N–H and O–H groups in total. The molecular weight excluding hydrogens is 228 g/mol. The summed E-state index contributed by atoms with van der Waals surface area (Å²) in [4.78, 5) is 11.2. The number of nitrogens with two attached hydrogens (primary N) is 1. The molecule has 0 spiro atoms. The minimum atomic E-state index is -0.407. The van der Waals surface area contributed by atoms with Crippen LogP contribution in [-0.4, -0.2) is 25.1 Å². The molecule has 100 valence electrons. The summed E-state index contributed by atoms with van der Waals surface area (Å²) in [6, 6.07) is 7.77. The lowest BCUT2D eigenvalue weighted by Crippen LogP contribution is -2.24. The van der Waals surface area contributed by atoms with Crippen LogP contribution in [0.4, 0.5) is 0 Å². The van der Waals surface area contributed by atoms with Crippen molar-refractivity contribution in [3.8, 4) is 0 Å². The van der Waals surface area contributed by atoms with Crippen molar-refractivity contribution in [2.45, 2.75) is 32.9 Å². The van der Waals surface area contributed by atoms with E-state index in [0.29, 0.717) is 24.8 Å². The van der Waals surface area contributed by atoms with E-state index in [1.54, 1.807) is 12.1 Å². The van der Waals surface area contributed by atoms with Crippen molar-refractivity contribution in [1.29, 1.82) is 0 Å². The van der Waals surface area contributed by atoms with Crippen LogP contribution in [0.15, 0.2) is 24.3 Å². The molecule has 0 aliphatic carbocycles. The zero-order valence-electron chi connectivity index (χ0n) is 11.1. The van der Waals surface area contributed by atoms with Gasteiger partial charge in [0.2, 0.25) is 5.91 Å². The third-order valence-corrected chi connectivity index (χ3v) is 2.56. The molecule has 0 bridgehead atoms. The SMILES string of the molecule is CC(C)NCCCOCc1ccccc1C(N)=O. The molecule has 1 amide bonds. The second-order valence-electron chi connectivity index (χ2n) is 4.54. The fourth-order valence-corrected chi connectivity index (χ4v) is 1.63. The zero-order chi connectivity index (χ0) is 13.4. The van der Waals surface area contributed by atoms with Gasteiger partial charge in [0.25, 0.3) is 0 Å². The summed E-state index contributed by atoms with van der Waals surface area (Å²) in [5.74, 6) is -0.407. The summed E-state index contributed by atoms with van der Waals surface area (Å²) >= 11 is 0. The number of nitrogens with one attached hydrogen (secondary N) is 1. The molecule has 1 aromatic rings. The zero-order valence-corrected chi connectivity index (χ0v) is 11.1. The molecule has 4 nitrogen and oxygen atoms in total. The smallest absolute Gasteiger partial charge is 0.249 e. The van der Waals surface area contributed by atoms with Crippen LogP contribution in [0.1, 0.15) is 36.2 Å². The normalized spacial score (nSPS) is 10.8. The summed E-state index contributed by atoms with van der Waals surface area (Å²) in [6.07, 6.45) is 0.955. The average Bonchev–Trinajstić information content (AvgIpc) is 2.33. The van der Waals surface area contributed by atoms with E-state index >= 15 is 0 Å². The van der Waals surface area contributed by atoms with Crippen LogP contribution < -0.4 is 11.1 Å². The standard InChI is InChI=1S/C14H22N2O2/c1-11(2)16-8-5-9-18-10-12-6-3-4-7-13(12)14(15)17/h3-4,6-7,11,16H,5,8-10H2,1-2H3,(H2,15,17). The fourth-order valence-electron chi connectivity index (χ4n) is 1.63. The second kappa shape index (κ2) is 7.84. The lowest BCUT2D eigenvalue weighted by Gasteiger charge is -2.09. The number of carbonyl (C=O) groups is 1. The number of rotatable bonds is 8. The van der Waals surface area contributed by atoms with Gasteiger partial charge >= 0.3 is 0 Å². The molecule has 0 heterocycles. The van der Waals surface area contributed by atoms with Crippen molar-refractivity contribution in [2.24, 2.45) is 5.73 Å². The van der Waals surface area contributed by atoms with Gasteiger partial charge in [0, 0.05) is 18.2 Å². The van der Waals surface area contributed by atoms with Crippen molar-refractivity contribution in [1.82, 2.24) is 5.32 Å². The van der Waals surface area contributed by atoms with Gasteiger partial charge in [-0.3, -0.25) is 4.79 Å². The van der Waals surface area contributed by atoms with Gasteiger partial charge in [-0.05, 0) is 24.6 Å². The van der Waals surface area contributed by atoms with Gasteiger partial charge < -0.3 is 15.8 Å². The van der Waals surface area contributed by atoms with E-state index in [9.17, 15) is 4.79 Å². The number of ether oxygens (including phenoxy) is 1. The summed E-state index contributed by atoms with van der Waals surface area (Å²) in [5, 5.41) is 3.32. The number of benzene rings is 1. The highest BCUT2D eigenvalue weighted by Crippen LogP contribution is 2.09. The minimum Gasteiger partial charge on any atom is -0.377 e. The summed E-state index contributed by atoms with van der Waals surface area (Å²) in [6.45, 7) is 6.27. The molecular formula is C14H22N2O2.